The summed E-state index contributed by atoms with van der Waals surface area (Å²) in [6.07, 6.45) is 3.05. The SMILES string of the molecule is COC(=O)c1ccc(OC(=O)/C=C/c2ccc(C)cc2)cc1. The number of benzene rings is 2. The Bertz CT molecular complexity index is 682. The van der Waals surface area contributed by atoms with Crippen molar-refractivity contribution in [2.24, 2.45) is 0 Å². The molecular formula is C18H16O4. The number of esters is 2. The zero-order valence-corrected chi connectivity index (χ0v) is 12.4. The van der Waals surface area contributed by atoms with Crippen molar-refractivity contribution in [2.75, 3.05) is 7.11 Å². The fraction of sp³-hybridized carbons (Fsp3) is 0.111. The number of methoxy groups -OCH3 is 1. The van der Waals surface area contributed by atoms with Crippen LogP contribution in [0.5, 0.6) is 5.75 Å². The van der Waals surface area contributed by atoms with Crippen LogP contribution >= 0.6 is 0 Å². The first-order chi connectivity index (χ1) is 10.6. The minimum absolute atomic E-state index is 0.367. The molecular weight excluding hydrogens is 280 g/mol. The minimum atomic E-state index is -0.480. The third-order valence-electron chi connectivity index (χ3n) is 2.98. The molecule has 0 N–H and O–H groups in total. The van der Waals surface area contributed by atoms with Crippen molar-refractivity contribution >= 4 is 18.0 Å². The summed E-state index contributed by atoms with van der Waals surface area (Å²) in [5.41, 5.74) is 2.48. The molecule has 0 aliphatic carbocycles. The van der Waals surface area contributed by atoms with Crippen molar-refractivity contribution in [2.45, 2.75) is 6.92 Å². The Morgan fingerprint density at radius 1 is 0.955 bits per heavy atom. The van der Waals surface area contributed by atoms with Gasteiger partial charge in [-0.25, -0.2) is 9.59 Å². The molecule has 0 amide bonds. The molecule has 0 aliphatic heterocycles. The van der Waals surface area contributed by atoms with Gasteiger partial charge in [-0.2, -0.15) is 0 Å². The number of carbonyl (C=O) groups excluding carboxylic acids is 2. The molecule has 0 bridgehead atoms. The highest BCUT2D eigenvalue weighted by Gasteiger charge is 2.06. The summed E-state index contributed by atoms with van der Waals surface area (Å²) < 4.78 is 9.75. The Hall–Kier alpha value is -2.88. The number of carbonyl (C=O) groups is 2. The molecule has 0 unspecified atom stereocenters. The fourth-order valence-electron chi connectivity index (χ4n) is 1.77. The molecule has 2 aromatic rings. The second-order valence-electron chi connectivity index (χ2n) is 4.68. The van der Waals surface area contributed by atoms with E-state index < -0.39 is 11.9 Å². The average Bonchev–Trinajstić information content (AvgIpc) is 2.54. The van der Waals surface area contributed by atoms with Crippen LogP contribution in [0.3, 0.4) is 0 Å². The lowest BCUT2D eigenvalue weighted by molar-refractivity contribution is -0.128. The molecule has 0 saturated carbocycles. The van der Waals surface area contributed by atoms with E-state index in [1.54, 1.807) is 18.2 Å². The summed E-state index contributed by atoms with van der Waals surface area (Å²) in [4.78, 5) is 23.0. The van der Waals surface area contributed by atoms with Crippen LogP contribution in [0.25, 0.3) is 6.08 Å². The van der Waals surface area contributed by atoms with Crippen LogP contribution < -0.4 is 4.74 Å². The Morgan fingerprint density at radius 2 is 1.59 bits per heavy atom. The van der Waals surface area contributed by atoms with Gasteiger partial charge in [0.15, 0.2) is 0 Å². The number of hydrogen-bond acceptors (Lipinski definition) is 4. The molecule has 2 rings (SSSR count). The Labute approximate surface area is 129 Å². The first-order valence-corrected chi connectivity index (χ1v) is 6.73. The quantitative estimate of drug-likeness (QED) is 0.493. The maximum Gasteiger partial charge on any atom is 0.337 e. The largest absolute Gasteiger partial charge is 0.465 e. The molecule has 0 atom stereocenters. The van der Waals surface area contributed by atoms with Gasteiger partial charge in [0.05, 0.1) is 12.7 Å². The second-order valence-corrected chi connectivity index (χ2v) is 4.68. The monoisotopic (exact) mass is 296 g/mol. The molecule has 22 heavy (non-hydrogen) atoms. The van der Waals surface area contributed by atoms with Gasteiger partial charge in [-0.1, -0.05) is 29.8 Å². The van der Waals surface area contributed by atoms with Crippen molar-refractivity contribution in [1.29, 1.82) is 0 Å². The molecule has 0 radical (unpaired) electrons. The highest BCUT2D eigenvalue weighted by atomic mass is 16.5. The lowest BCUT2D eigenvalue weighted by Crippen LogP contribution is -2.05. The summed E-state index contributed by atoms with van der Waals surface area (Å²) >= 11 is 0. The van der Waals surface area contributed by atoms with Crippen molar-refractivity contribution < 1.29 is 19.1 Å². The molecule has 0 saturated heterocycles. The van der Waals surface area contributed by atoms with Crippen LogP contribution in [0.4, 0.5) is 0 Å². The van der Waals surface area contributed by atoms with Gasteiger partial charge < -0.3 is 9.47 Å². The molecule has 0 fully saturated rings. The molecule has 4 nitrogen and oxygen atoms in total. The van der Waals surface area contributed by atoms with E-state index in [0.717, 1.165) is 11.1 Å². The number of ether oxygens (including phenoxy) is 2. The van der Waals surface area contributed by atoms with Gasteiger partial charge in [0.2, 0.25) is 0 Å². The van der Waals surface area contributed by atoms with E-state index in [-0.39, 0.29) is 0 Å². The first kappa shape index (κ1) is 15.5. The maximum atomic E-state index is 11.7. The van der Waals surface area contributed by atoms with Gasteiger partial charge in [-0.3, -0.25) is 0 Å². The van der Waals surface area contributed by atoms with E-state index >= 15 is 0 Å². The molecule has 0 aromatic heterocycles. The van der Waals surface area contributed by atoms with E-state index in [2.05, 4.69) is 4.74 Å². The van der Waals surface area contributed by atoms with Gasteiger partial charge in [0.1, 0.15) is 5.75 Å². The third-order valence-corrected chi connectivity index (χ3v) is 2.98. The Balaban J connectivity index is 1.97. The molecule has 112 valence electrons. The maximum absolute atomic E-state index is 11.7. The standard InChI is InChI=1S/C18H16O4/c1-13-3-5-14(6-4-13)7-12-17(19)22-16-10-8-15(9-11-16)18(20)21-2/h3-12H,1-2H3/b12-7+. The molecule has 0 spiro atoms. The van der Waals surface area contributed by atoms with Crippen molar-refractivity contribution in [3.05, 3.63) is 71.3 Å². The van der Waals surface area contributed by atoms with Crippen LogP contribution in [0.15, 0.2) is 54.6 Å². The first-order valence-electron chi connectivity index (χ1n) is 6.73. The highest BCUT2D eigenvalue weighted by Crippen LogP contribution is 2.13. The van der Waals surface area contributed by atoms with Crippen LogP contribution in [0.1, 0.15) is 21.5 Å². The fourth-order valence-corrected chi connectivity index (χ4v) is 1.77. The number of hydrogen-bond donors (Lipinski definition) is 0. The van der Waals surface area contributed by atoms with Crippen LogP contribution in [-0.2, 0) is 9.53 Å². The molecule has 2 aromatic carbocycles. The summed E-state index contributed by atoms with van der Waals surface area (Å²) in [6.45, 7) is 2.00. The van der Waals surface area contributed by atoms with E-state index in [1.165, 1.54) is 25.3 Å². The third kappa shape index (κ3) is 4.31. The summed E-state index contributed by atoms with van der Waals surface area (Å²) in [5, 5.41) is 0. The van der Waals surface area contributed by atoms with Gasteiger partial charge in [0, 0.05) is 6.08 Å². The highest BCUT2D eigenvalue weighted by molar-refractivity contribution is 5.90. The van der Waals surface area contributed by atoms with E-state index in [1.807, 2.05) is 31.2 Å². The van der Waals surface area contributed by atoms with Gasteiger partial charge in [0.25, 0.3) is 0 Å². The zero-order chi connectivity index (χ0) is 15.9. The summed E-state index contributed by atoms with van der Waals surface area (Å²) in [7, 11) is 1.31. The van der Waals surface area contributed by atoms with Gasteiger partial charge in [-0.05, 0) is 42.8 Å². The lowest BCUT2D eigenvalue weighted by Gasteiger charge is -2.03. The van der Waals surface area contributed by atoms with Crippen molar-refractivity contribution in [3.63, 3.8) is 0 Å². The molecule has 0 aliphatic rings. The summed E-state index contributed by atoms with van der Waals surface area (Å²) in [5.74, 6) is -0.547. The lowest BCUT2D eigenvalue weighted by atomic mass is 10.1. The van der Waals surface area contributed by atoms with Gasteiger partial charge >= 0.3 is 11.9 Å². The van der Waals surface area contributed by atoms with E-state index in [4.69, 9.17) is 4.74 Å². The number of aryl methyl sites for hydroxylation is 1. The second kappa shape index (κ2) is 7.22. The van der Waals surface area contributed by atoms with Crippen LogP contribution in [0, 0.1) is 6.92 Å². The molecule has 0 heterocycles. The van der Waals surface area contributed by atoms with E-state index in [0.29, 0.717) is 11.3 Å². The predicted octanol–water partition coefficient (Wildman–Crippen LogP) is 3.40. The van der Waals surface area contributed by atoms with E-state index in [9.17, 15) is 9.59 Å². The normalized spacial score (nSPS) is 10.5. The Kier molecular flexibility index (Phi) is 5.09. The van der Waals surface area contributed by atoms with Crippen LogP contribution in [0.2, 0.25) is 0 Å². The zero-order valence-electron chi connectivity index (χ0n) is 12.4. The number of rotatable bonds is 4. The van der Waals surface area contributed by atoms with Gasteiger partial charge in [-0.15, -0.1) is 0 Å². The minimum Gasteiger partial charge on any atom is -0.465 e. The summed E-state index contributed by atoms with van der Waals surface area (Å²) in [6, 6.07) is 14.0. The Morgan fingerprint density at radius 3 is 2.18 bits per heavy atom. The van der Waals surface area contributed by atoms with Crippen molar-refractivity contribution in [1.82, 2.24) is 0 Å². The predicted molar refractivity (Wildman–Crippen MR) is 83.6 cm³/mol. The van der Waals surface area contributed by atoms with Crippen molar-refractivity contribution in [3.8, 4) is 5.75 Å². The topological polar surface area (TPSA) is 52.6 Å². The average molecular weight is 296 g/mol. The molecule has 4 heteroatoms. The smallest absolute Gasteiger partial charge is 0.337 e. The van der Waals surface area contributed by atoms with Crippen LogP contribution in [-0.4, -0.2) is 19.0 Å².